The molecule has 4 amide bonds. The number of amides is 4. The van der Waals surface area contributed by atoms with Crippen LogP contribution in [0.1, 0.15) is 83.2 Å². The molecular formula is C32H35IN4O4. The third-order valence-corrected chi connectivity index (χ3v) is 7.48. The first-order valence-corrected chi connectivity index (χ1v) is 15.1. The Balaban J connectivity index is 1.43. The minimum atomic E-state index is -0.281. The van der Waals surface area contributed by atoms with Crippen molar-refractivity contribution >= 4 is 57.6 Å². The molecule has 0 radical (unpaired) electrons. The minimum Gasteiger partial charge on any atom is -0.348 e. The van der Waals surface area contributed by atoms with Crippen molar-refractivity contribution in [2.75, 3.05) is 10.6 Å². The molecule has 4 N–H and O–H groups in total. The molecule has 0 aromatic heterocycles. The summed E-state index contributed by atoms with van der Waals surface area (Å²) in [4.78, 5) is 50.4. The average molecular weight is 667 g/mol. The van der Waals surface area contributed by atoms with Crippen LogP contribution < -0.4 is 21.3 Å². The van der Waals surface area contributed by atoms with E-state index in [4.69, 9.17) is 0 Å². The van der Waals surface area contributed by atoms with Gasteiger partial charge in [-0.05, 0) is 89.0 Å². The Bertz CT molecular complexity index is 1270. The smallest absolute Gasteiger partial charge is 0.251 e. The van der Waals surface area contributed by atoms with Crippen molar-refractivity contribution in [3.8, 4) is 0 Å². The molecule has 4 aliphatic rings. The molecule has 7 rings (SSSR count). The van der Waals surface area contributed by atoms with Crippen molar-refractivity contribution < 1.29 is 19.2 Å². The predicted octanol–water partition coefficient (Wildman–Crippen LogP) is 6.16. The highest BCUT2D eigenvalue weighted by Gasteiger charge is 2.13. The van der Waals surface area contributed by atoms with Crippen LogP contribution in [-0.4, -0.2) is 23.6 Å². The summed E-state index contributed by atoms with van der Waals surface area (Å²) >= 11 is 2.09. The zero-order valence-corrected chi connectivity index (χ0v) is 25.1. The Morgan fingerprint density at radius 3 is 1.32 bits per heavy atom. The monoisotopic (exact) mass is 666 g/mol. The van der Waals surface area contributed by atoms with Gasteiger partial charge in [-0.3, -0.25) is 19.2 Å². The zero-order chi connectivity index (χ0) is 29.0. The molecule has 0 aliphatic carbocycles. The number of carbonyl (C=O) groups excluding carboxylic acids is 4. The van der Waals surface area contributed by atoms with E-state index < -0.39 is 0 Å². The SMILES string of the molecule is O=C1CCCCCCCCC(=O)Nc2ccc(cc2)CNC(=O)c2cc(I)cc(c2)C(=O)NCc2ccc(cc2)N1. The summed E-state index contributed by atoms with van der Waals surface area (Å²) in [6.07, 6.45) is 6.62. The minimum absolute atomic E-state index is 0.0155. The molecular weight excluding hydrogens is 631 g/mol. The van der Waals surface area contributed by atoms with Gasteiger partial charge in [0.05, 0.1) is 0 Å². The number of halogens is 1. The summed E-state index contributed by atoms with van der Waals surface area (Å²) in [6.45, 7) is 0.632. The van der Waals surface area contributed by atoms with Crippen LogP contribution >= 0.6 is 22.6 Å². The second-order valence-corrected chi connectivity index (χ2v) is 11.5. The van der Waals surface area contributed by atoms with Crippen molar-refractivity contribution in [1.29, 1.82) is 0 Å². The van der Waals surface area contributed by atoms with E-state index in [0.29, 0.717) is 37.1 Å². The highest BCUT2D eigenvalue weighted by Crippen LogP contribution is 2.16. The van der Waals surface area contributed by atoms with Gasteiger partial charge in [0.25, 0.3) is 11.8 Å². The molecule has 3 aromatic rings. The van der Waals surface area contributed by atoms with Crippen molar-refractivity contribution in [3.05, 3.63) is 92.6 Å². The molecule has 0 atom stereocenters. The van der Waals surface area contributed by atoms with E-state index in [1.54, 1.807) is 18.2 Å². The van der Waals surface area contributed by atoms with Crippen LogP contribution in [0, 0.1) is 3.57 Å². The Morgan fingerprint density at radius 2 is 0.902 bits per heavy atom. The summed E-state index contributed by atoms with van der Waals surface area (Å²) in [5.74, 6) is -0.593. The topological polar surface area (TPSA) is 116 Å². The lowest BCUT2D eigenvalue weighted by Gasteiger charge is -2.10. The first-order valence-electron chi connectivity index (χ1n) is 14.0. The molecule has 0 saturated heterocycles. The molecule has 4 heterocycles. The molecule has 214 valence electrons. The zero-order valence-electron chi connectivity index (χ0n) is 22.9. The van der Waals surface area contributed by atoms with Crippen molar-refractivity contribution in [2.45, 2.75) is 64.5 Å². The third-order valence-electron chi connectivity index (χ3n) is 6.86. The number of hydrogen-bond acceptors (Lipinski definition) is 4. The lowest BCUT2D eigenvalue weighted by molar-refractivity contribution is -0.117. The predicted molar refractivity (Wildman–Crippen MR) is 169 cm³/mol. The summed E-state index contributed by atoms with van der Waals surface area (Å²) in [7, 11) is 0. The molecule has 4 aliphatic heterocycles. The molecule has 0 unspecified atom stereocenters. The first-order chi connectivity index (χ1) is 19.9. The summed E-state index contributed by atoms with van der Waals surface area (Å²) in [5, 5.41) is 11.7. The van der Waals surface area contributed by atoms with E-state index in [1.165, 1.54) is 0 Å². The Kier molecular flexibility index (Phi) is 11.3. The number of rotatable bonds is 0. The van der Waals surface area contributed by atoms with Crippen LogP contribution in [0.15, 0.2) is 66.7 Å². The van der Waals surface area contributed by atoms with Gasteiger partial charge in [-0.15, -0.1) is 0 Å². The van der Waals surface area contributed by atoms with Crippen LogP contribution in [0.2, 0.25) is 0 Å². The maximum Gasteiger partial charge on any atom is 0.251 e. The average Bonchev–Trinajstić information content (AvgIpc) is 2.96. The van der Waals surface area contributed by atoms with Crippen LogP contribution in [0.3, 0.4) is 0 Å². The summed E-state index contributed by atoms with van der Waals surface area (Å²) < 4.78 is 0.774. The molecule has 8 nitrogen and oxygen atoms in total. The van der Waals surface area contributed by atoms with Crippen molar-refractivity contribution in [1.82, 2.24) is 10.6 Å². The van der Waals surface area contributed by atoms with Crippen LogP contribution in [-0.2, 0) is 22.7 Å². The van der Waals surface area contributed by atoms with E-state index in [9.17, 15) is 19.2 Å². The lowest BCUT2D eigenvalue weighted by Crippen LogP contribution is -2.25. The van der Waals surface area contributed by atoms with Gasteiger partial charge in [-0.2, -0.15) is 0 Å². The second-order valence-electron chi connectivity index (χ2n) is 10.2. The fourth-order valence-electron chi connectivity index (χ4n) is 4.56. The number of carbonyl (C=O) groups is 4. The van der Waals surface area contributed by atoms with Gasteiger partial charge in [0.2, 0.25) is 11.8 Å². The maximum absolute atomic E-state index is 12.9. The standard InChI is InChI=1S/C32H35IN4O4/c33-26-18-24-17-25(19-26)32(41)35-21-23-11-15-28(16-12-23)37-30(39)8-6-4-2-1-3-5-7-29(38)36-27-13-9-22(10-14-27)20-34-31(24)40/h9-19H,1-8,20-21H2,(H,34,40)(H,35,41)(H,36,38)(H,37,39). The second kappa shape index (κ2) is 15.3. The molecule has 6 bridgehead atoms. The lowest BCUT2D eigenvalue weighted by atomic mass is 10.1. The van der Waals surface area contributed by atoms with Crippen molar-refractivity contribution in [2.24, 2.45) is 0 Å². The van der Waals surface area contributed by atoms with Crippen molar-refractivity contribution in [3.63, 3.8) is 0 Å². The number of hydrogen-bond donors (Lipinski definition) is 4. The highest BCUT2D eigenvalue weighted by atomic mass is 127. The largest absolute Gasteiger partial charge is 0.348 e. The first kappa shape index (κ1) is 30.2. The fraction of sp³-hybridized carbons (Fsp3) is 0.312. The highest BCUT2D eigenvalue weighted by molar-refractivity contribution is 14.1. The van der Waals surface area contributed by atoms with E-state index >= 15 is 0 Å². The Morgan fingerprint density at radius 1 is 0.512 bits per heavy atom. The van der Waals surface area contributed by atoms with Crippen LogP contribution in [0.5, 0.6) is 0 Å². The fourth-order valence-corrected chi connectivity index (χ4v) is 5.23. The van der Waals surface area contributed by atoms with Gasteiger partial charge >= 0.3 is 0 Å². The van der Waals surface area contributed by atoms with E-state index in [2.05, 4.69) is 43.9 Å². The van der Waals surface area contributed by atoms with Crippen LogP contribution in [0.25, 0.3) is 0 Å². The van der Waals surface area contributed by atoms with Gasteiger partial charge in [-0.1, -0.05) is 49.9 Å². The Hall–Kier alpha value is -3.73. The van der Waals surface area contributed by atoms with Gasteiger partial charge in [-0.25, -0.2) is 0 Å². The molecule has 0 spiro atoms. The number of anilines is 2. The quantitative estimate of drug-likeness (QED) is 0.215. The van der Waals surface area contributed by atoms with Gasteiger partial charge in [0.15, 0.2) is 0 Å². The molecule has 0 saturated carbocycles. The van der Waals surface area contributed by atoms with E-state index in [0.717, 1.165) is 64.6 Å². The number of benzene rings is 3. The van der Waals surface area contributed by atoms with Gasteiger partial charge in [0.1, 0.15) is 0 Å². The summed E-state index contributed by atoms with van der Waals surface area (Å²) in [5.41, 5.74) is 4.02. The van der Waals surface area contributed by atoms with Crippen LogP contribution in [0.4, 0.5) is 11.4 Å². The molecule has 0 fully saturated rings. The molecule has 3 aromatic carbocycles. The van der Waals surface area contributed by atoms with Gasteiger partial charge < -0.3 is 21.3 Å². The maximum atomic E-state index is 12.9. The summed E-state index contributed by atoms with van der Waals surface area (Å²) in [6, 6.07) is 19.8. The van der Waals surface area contributed by atoms with E-state index in [1.807, 2.05) is 48.5 Å². The van der Waals surface area contributed by atoms with E-state index in [-0.39, 0.29) is 23.6 Å². The normalized spacial score (nSPS) is 16.4. The molecule has 41 heavy (non-hydrogen) atoms. The number of nitrogens with one attached hydrogen (secondary N) is 4. The third kappa shape index (κ3) is 10.00. The Labute approximate surface area is 254 Å². The molecule has 9 heteroatoms. The van der Waals surface area contributed by atoms with Gasteiger partial charge in [0, 0.05) is 52.0 Å².